The molecule has 0 aliphatic carbocycles. The zero-order valence-corrected chi connectivity index (χ0v) is 15.8. The minimum atomic E-state index is -4.51. The molecule has 160 valence electrons. The number of benzene rings is 2. The number of aromatic hydroxyl groups is 1. The van der Waals surface area contributed by atoms with Gasteiger partial charge in [0.1, 0.15) is 5.75 Å². The molecule has 3 rings (SSSR count). The zero-order chi connectivity index (χ0) is 22.4. The van der Waals surface area contributed by atoms with Crippen molar-refractivity contribution < 1.29 is 32.6 Å². The Kier molecular flexibility index (Phi) is 6.39. The lowest BCUT2D eigenvalue weighted by molar-refractivity contribution is -0.137. The summed E-state index contributed by atoms with van der Waals surface area (Å²) >= 11 is 0. The van der Waals surface area contributed by atoms with Crippen LogP contribution < -0.4 is 15.4 Å². The molecule has 2 aromatic carbocycles. The van der Waals surface area contributed by atoms with Gasteiger partial charge in [-0.15, -0.1) is 0 Å². The van der Waals surface area contributed by atoms with Crippen molar-refractivity contribution in [2.45, 2.75) is 6.18 Å². The Morgan fingerprint density at radius 2 is 1.77 bits per heavy atom. The summed E-state index contributed by atoms with van der Waals surface area (Å²) in [5.74, 6) is -1.02. The average Bonchev–Trinajstić information content (AvgIpc) is 2.74. The summed E-state index contributed by atoms with van der Waals surface area (Å²) in [6.45, 7) is -0.438. The highest BCUT2D eigenvalue weighted by atomic mass is 19.4. The second-order valence-corrected chi connectivity index (χ2v) is 6.29. The van der Waals surface area contributed by atoms with E-state index in [9.17, 15) is 27.9 Å². The molecule has 0 aliphatic heterocycles. The van der Waals surface area contributed by atoms with Gasteiger partial charge in [-0.1, -0.05) is 6.07 Å². The number of carbonyl (C=O) groups excluding carboxylic acids is 2. The third-order valence-corrected chi connectivity index (χ3v) is 4.01. The minimum Gasteiger partial charge on any atom is -0.504 e. The SMILES string of the molecule is O=C(COc1ccc(C(=O)Nc2ccncc2O)cc1)Nc1cccc(C(F)(F)F)c1. The molecule has 10 heteroatoms. The molecule has 3 N–H and O–H groups in total. The lowest BCUT2D eigenvalue weighted by Crippen LogP contribution is -2.20. The molecular formula is C21H16F3N3O4. The van der Waals surface area contributed by atoms with Crippen LogP contribution in [0.15, 0.2) is 67.0 Å². The molecule has 0 saturated carbocycles. The standard InChI is InChI=1S/C21H16F3N3O4/c22-21(23,24)14-2-1-3-15(10-14)26-19(29)12-31-16-6-4-13(5-7-16)20(30)27-17-8-9-25-11-18(17)28/h1-11,28H,12H2,(H,26,29)(H,25,27,30). The fraction of sp³-hybridized carbons (Fsp3) is 0.0952. The largest absolute Gasteiger partial charge is 0.504 e. The van der Waals surface area contributed by atoms with E-state index in [-0.39, 0.29) is 28.4 Å². The number of rotatable bonds is 6. The Morgan fingerprint density at radius 3 is 2.45 bits per heavy atom. The highest BCUT2D eigenvalue weighted by molar-refractivity contribution is 6.05. The molecule has 2 amide bonds. The van der Waals surface area contributed by atoms with Crippen LogP contribution in [0.4, 0.5) is 24.5 Å². The molecule has 1 aromatic heterocycles. The maximum atomic E-state index is 12.7. The maximum absolute atomic E-state index is 12.7. The second-order valence-electron chi connectivity index (χ2n) is 6.29. The van der Waals surface area contributed by atoms with Crippen LogP contribution in [0.1, 0.15) is 15.9 Å². The monoisotopic (exact) mass is 431 g/mol. The molecule has 0 fully saturated rings. The molecule has 0 aliphatic rings. The van der Waals surface area contributed by atoms with Crippen molar-refractivity contribution in [1.29, 1.82) is 0 Å². The summed E-state index contributed by atoms with van der Waals surface area (Å²) in [7, 11) is 0. The van der Waals surface area contributed by atoms with Crippen LogP contribution in [0.3, 0.4) is 0 Å². The predicted octanol–water partition coefficient (Wildman–Crippen LogP) is 4.08. The summed E-state index contributed by atoms with van der Waals surface area (Å²) in [5, 5.41) is 14.5. The molecule has 31 heavy (non-hydrogen) atoms. The molecule has 0 unspecified atom stereocenters. The Labute approximate surface area is 174 Å². The molecule has 3 aromatic rings. The van der Waals surface area contributed by atoms with Crippen LogP contribution in [0, 0.1) is 0 Å². The topological polar surface area (TPSA) is 101 Å². The van der Waals surface area contributed by atoms with E-state index in [1.807, 2.05) is 0 Å². The summed E-state index contributed by atoms with van der Waals surface area (Å²) in [6, 6.07) is 11.5. The zero-order valence-electron chi connectivity index (χ0n) is 15.8. The lowest BCUT2D eigenvalue weighted by Gasteiger charge is -2.11. The van der Waals surface area contributed by atoms with E-state index in [1.54, 1.807) is 0 Å². The number of alkyl halides is 3. The van der Waals surface area contributed by atoms with Crippen molar-refractivity contribution >= 4 is 23.2 Å². The first kappa shape index (κ1) is 21.6. The van der Waals surface area contributed by atoms with Gasteiger partial charge < -0.3 is 20.5 Å². The van der Waals surface area contributed by atoms with E-state index in [0.717, 1.165) is 12.1 Å². The maximum Gasteiger partial charge on any atom is 0.416 e. The Balaban J connectivity index is 1.54. The molecule has 0 spiro atoms. The number of pyridine rings is 1. The quantitative estimate of drug-likeness (QED) is 0.546. The number of anilines is 2. The third-order valence-electron chi connectivity index (χ3n) is 4.01. The number of amides is 2. The van der Waals surface area contributed by atoms with E-state index in [1.165, 1.54) is 54.9 Å². The lowest BCUT2D eigenvalue weighted by atomic mass is 10.2. The van der Waals surface area contributed by atoms with Gasteiger partial charge in [0.25, 0.3) is 11.8 Å². The summed E-state index contributed by atoms with van der Waals surface area (Å²) in [4.78, 5) is 27.9. The number of hydrogen-bond acceptors (Lipinski definition) is 5. The normalized spacial score (nSPS) is 10.9. The second kappa shape index (κ2) is 9.16. The third kappa shape index (κ3) is 5.95. The van der Waals surface area contributed by atoms with Gasteiger partial charge in [-0.3, -0.25) is 14.6 Å². The van der Waals surface area contributed by atoms with Gasteiger partial charge in [0.15, 0.2) is 12.4 Å². The van der Waals surface area contributed by atoms with Crippen molar-refractivity contribution in [2.75, 3.05) is 17.2 Å². The van der Waals surface area contributed by atoms with Crippen LogP contribution >= 0.6 is 0 Å². The van der Waals surface area contributed by atoms with Crippen LogP contribution in [-0.2, 0) is 11.0 Å². The van der Waals surface area contributed by atoms with Gasteiger partial charge in [-0.2, -0.15) is 13.2 Å². The highest BCUT2D eigenvalue weighted by Gasteiger charge is 2.30. The van der Waals surface area contributed by atoms with E-state index in [0.29, 0.717) is 0 Å². The first-order chi connectivity index (χ1) is 14.7. The molecule has 0 radical (unpaired) electrons. The Hall–Kier alpha value is -4.08. The molecule has 7 nitrogen and oxygen atoms in total. The van der Waals surface area contributed by atoms with E-state index in [4.69, 9.17) is 4.74 Å². The van der Waals surface area contributed by atoms with Gasteiger partial charge in [-0.05, 0) is 48.5 Å². The fourth-order valence-electron chi connectivity index (χ4n) is 2.51. The molecule has 1 heterocycles. The first-order valence-corrected chi connectivity index (χ1v) is 8.86. The van der Waals surface area contributed by atoms with Crippen LogP contribution in [-0.4, -0.2) is 28.5 Å². The molecule has 0 bridgehead atoms. The van der Waals surface area contributed by atoms with Crippen LogP contribution in [0.2, 0.25) is 0 Å². The number of nitrogens with one attached hydrogen (secondary N) is 2. The number of carbonyl (C=O) groups is 2. The van der Waals surface area contributed by atoms with Crippen molar-refractivity contribution in [2.24, 2.45) is 0 Å². The van der Waals surface area contributed by atoms with Gasteiger partial charge >= 0.3 is 6.18 Å². The first-order valence-electron chi connectivity index (χ1n) is 8.86. The summed E-state index contributed by atoms with van der Waals surface area (Å²) in [6.07, 6.45) is -1.91. The van der Waals surface area contributed by atoms with Crippen molar-refractivity contribution in [3.05, 3.63) is 78.1 Å². The van der Waals surface area contributed by atoms with Gasteiger partial charge in [0.05, 0.1) is 17.4 Å². The Bertz CT molecular complexity index is 1090. The van der Waals surface area contributed by atoms with Crippen LogP contribution in [0.25, 0.3) is 0 Å². The molecule has 0 atom stereocenters. The number of aromatic nitrogens is 1. The Morgan fingerprint density at radius 1 is 1.03 bits per heavy atom. The van der Waals surface area contributed by atoms with Crippen LogP contribution in [0.5, 0.6) is 11.5 Å². The smallest absolute Gasteiger partial charge is 0.416 e. The van der Waals surface area contributed by atoms with E-state index < -0.39 is 30.2 Å². The number of hydrogen-bond donors (Lipinski definition) is 3. The molecule has 0 saturated heterocycles. The van der Waals surface area contributed by atoms with Crippen molar-refractivity contribution in [3.63, 3.8) is 0 Å². The van der Waals surface area contributed by atoms with E-state index >= 15 is 0 Å². The van der Waals surface area contributed by atoms with Gasteiger partial charge in [0, 0.05) is 17.4 Å². The van der Waals surface area contributed by atoms with E-state index in [2.05, 4.69) is 15.6 Å². The summed E-state index contributed by atoms with van der Waals surface area (Å²) < 4.78 is 43.5. The molecular weight excluding hydrogens is 415 g/mol. The highest BCUT2D eigenvalue weighted by Crippen LogP contribution is 2.30. The van der Waals surface area contributed by atoms with Crippen molar-refractivity contribution in [1.82, 2.24) is 4.98 Å². The number of nitrogens with zero attached hydrogens (tertiary/aromatic N) is 1. The van der Waals surface area contributed by atoms with Gasteiger partial charge in [0.2, 0.25) is 0 Å². The predicted molar refractivity (Wildman–Crippen MR) is 106 cm³/mol. The summed E-state index contributed by atoms with van der Waals surface area (Å²) in [5.41, 5.74) is -0.404. The van der Waals surface area contributed by atoms with Gasteiger partial charge in [-0.25, -0.2) is 0 Å². The average molecular weight is 431 g/mol. The number of ether oxygens (including phenoxy) is 1. The fourth-order valence-corrected chi connectivity index (χ4v) is 2.51. The van der Waals surface area contributed by atoms with Crippen molar-refractivity contribution in [3.8, 4) is 11.5 Å². The minimum absolute atomic E-state index is 0.00481. The number of halogens is 3.